The molecule has 1 N–H and O–H groups in total. The Morgan fingerprint density at radius 2 is 2.26 bits per heavy atom. The second-order valence-electron chi connectivity index (χ2n) is 4.92. The molecule has 1 aliphatic heterocycles. The second kappa shape index (κ2) is 5.30. The molecule has 0 aliphatic carbocycles. The standard InChI is InChI=1S/C14H17NO4/c1-9-5-13(17)15(7-9)8-11-4-3-10(6-12(11)16)14(18)19-2/h3-4,6,9,16H,5,7-8H2,1-2H3. The van der Waals surface area contributed by atoms with E-state index in [0.29, 0.717) is 36.6 Å². The average Bonchev–Trinajstić information content (AvgIpc) is 2.69. The van der Waals surface area contributed by atoms with E-state index in [1.807, 2.05) is 6.92 Å². The third-order valence-electron chi connectivity index (χ3n) is 3.28. The van der Waals surface area contributed by atoms with Gasteiger partial charge in [0.1, 0.15) is 5.75 Å². The molecule has 5 nitrogen and oxygen atoms in total. The van der Waals surface area contributed by atoms with Crippen molar-refractivity contribution in [2.45, 2.75) is 19.9 Å². The van der Waals surface area contributed by atoms with Crippen molar-refractivity contribution in [3.63, 3.8) is 0 Å². The van der Waals surface area contributed by atoms with Crippen LogP contribution in [0.2, 0.25) is 0 Å². The van der Waals surface area contributed by atoms with Crippen LogP contribution in [0.15, 0.2) is 18.2 Å². The molecule has 0 bridgehead atoms. The van der Waals surface area contributed by atoms with E-state index >= 15 is 0 Å². The van der Waals surface area contributed by atoms with Crippen LogP contribution in [-0.2, 0) is 16.1 Å². The lowest BCUT2D eigenvalue weighted by Crippen LogP contribution is -2.24. The summed E-state index contributed by atoms with van der Waals surface area (Å²) in [4.78, 5) is 24.7. The monoisotopic (exact) mass is 263 g/mol. The van der Waals surface area contributed by atoms with E-state index < -0.39 is 5.97 Å². The quantitative estimate of drug-likeness (QED) is 0.840. The van der Waals surface area contributed by atoms with E-state index in [9.17, 15) is 14.7 Å². The highest BCUT2D eigenvalue weighted by Gasteiger charge is 2.26. The van der Waals surface area contributed by atoms with Crippen LogP contribution in [0.3, 0.4) is 0 Å². The molecule has 19 heavy (non-hydrogen) atoms. The van der Waals surface area contributed by atoms with Gasteiger partial charge in [0.25, 0.3) is 0 Å². The lowest BCUT2D eigenvalue weighted by molar-refractivity contribution is -0.128. The van der Waals surface area contributed by atoms with E-state index in [1.54, 1.807) is 17.0 Å². The molecule has 1 unspecified atom stereocenters. The third kappa shape index (κ3) is 2.86. The molecule has 0 radical (unpaired) electrons. The summed E-state index contributed by atoms with van der Waals surface area (Å²) in [6, 6.07) is 4.61. The zero-order chi connectivity index (χ0) is 14.0. The molecule has 1 heterocycles. The molecule has 5 heteroatoms. The van der Waals surface area contributed by atoms with Gasteiger partial charge >= 0.3 is 5.97 Å². The molecule has 1 aliphatic rings. The molecular formula is C14H17NO4. The van der Waals surface area contributed by atoms with Crippen molar-refractivity contribution in [3.05, 3.63) is 29.3 Å². The number of esters is 1. The number of carbonyl (C=O) groups is 2. The number of nitrogens with zero attached hydrogens (tertiary/aromatic N) is 1. The predicted octanol–water partition coefficient (Wildman–Crippen LogP) is 1.55. The molecular weight excluding hydrogens is 246 g/mol. The molecule has 2 rings (SSSR count). The van der Waals surface area contributed by atoms with Crippen molar-refractivity contribution in [2.75, 3.05) is 13.7 Å². The maximum absolute atomic E-state index is 11.7. The van der Waals surface area contributed by atoms with Crippen LogP contribution < -0.4 is 0 Å². The lowest BCUT2D eigenvalue weighted by Gasteiger charge is -2.17. The van der Waals surface area contributed by atoms with Crippen molar-refractivity contribution in [1.82, 2.24) is 4.90 Å². The van der Waals surface area contributed by atoms with Crippen LogP contribution >= 0.6 is 0 Å². The van der Waals surface area contributed by atoms with E-state index in [-0.39, 0.29) is 11.7 Å². The van der Waals surface area contributed by atoms with E-state index in [1.165, 1.54) is 13.2 Å². The Balaban J connectivity index is 2.13. The smallest absolute Gasteiger partial charge is 0.337 e. The Bertz CT molecular complexity index is 512. The largest absolute Gasteiger partial charge is 0.508 e. The minimum Gasteiger partial charge on any atom is -0.508 e. The number of amides is 1. The van der Waals surface area contributed by atoms with Crippen LogP contribution in [0, 0.1) is 5.92 Å². The van der Waals surface area contributed by atoms with Crippen molar-refractivity contribution in [1.29, 1.82) is 0 Å². The molecule has 1 fully saturated rings. The first kappa shape index (κ1) is 13.4. The number of likely N-dealkylation sites (tertiary alicyclic amines) is 1. The zero-order valence-electron chi connectivity index (χ0n) is 11.0. The number of ether oxygens (including phenoxy) is 1. The van der Waals surface area contributed by atoms with Crippen LogP contribution in [0.1, 0.15) is 29.3 Å². The first-order valence-electron chi connectivity index (χ1n) is 6.19. The first-order valence-corrected chi connectivity index (χ1v) is 6.19. The van der Waals surface area contributed by atoms with Gasteiger partial charge < -0.3 is 14.7 Å². The highest BCUT2D eigenvalue weighted by atomic mass is 16.5. The summed E-state index contributed by atoms with van der Waals surface area (Å²) >= 11 is 0. The number of aromatic hydroxyl groups is 1. The van der Waals surface area contributed by atoms with Gasteiger partial charge in [-0.15, -0.1) is 0 Å². The van der Waals surface area contributed by atoms with Gasteiger partial charge in [0.15, 0.2) is 0 Å². The highest BCUT2D eigenvalue weighted by Crippen LogP contribution is 2.25. The minimum atomic E-state index is -0.493. The van der Waals surface area contributed by atoms with E-state index in [2.05, 4.69) is 4.74 Å². The Morgan fingerprint density at radius 3 is 2.79 bits per heavy atom. The lowest BCUT2D eigenvalue weighted by atomic mass is 10.1. The molecule has 0 aromatic heterocycles. The summed E-state index contributed by atoms with van der Waals surface area (Å²) in [6.45, 7) is 3.10. The average molecular weight is 263 g/mol. The summed E-state index contributed by atoms with van der Waals surface area (Å²) in [5, 5.41) is 9.90. The number of methoxy groups -OCH3 is 1. The number of benzene rings is 1. The van der Waals surface area contributed by atoms with Crippen LogP contribution in [0.5, 0.6) is 5.75 Å². The normalized spacial score (nSPS) is 18.7. The van der Waals surface area contributed by atoms with Gasteiger partial charge in [-0.25, -0.2) is 4.79 Å². The molecule has 1 saturated heterocycles. The van der Waals surface area contributed by atoms with Crippen molar-refractivity contribution in [2.24, 2.45) is 5.92 Å². The van der Waals surface area contributed by atoms with Gasteiger partial charge in [0, 0.05) is 25.1 Å². The fourth-order valence-electron chi connectivity index (χ4n) is 2.27. The fourth-order valence-corrected chi connectivity index (χ4v) is 2.27. The van der Waals surface area contributed by atoms with Gasteiger partial charge in [0.2, 0.25) is 5.91 Å². The minimum absolute atomic E-state index is 0.00949. The van der Waals surface area contributed by atoms with Crippen molar-refractivity contribution >= 4 is 11.9 Å². The maximum Gasteiger partial charge on any atom is 0.337 e. The Labute approximate surface area is 111 Å². The fraction of sp³-hybridized carbons (Fsp3) is 0.429. The van der Waals surface area contributed by atoms with Gasteiger partial charge in [-0.05, 0) is 18.1 Å². The molecule has 102 valence electrons. The van der Waals surface area contributed by atoms with Crippen molar-refractivity contribution < 1.29 is 19.4 Å². The summed E-state index contributed by atoms with van der Waals surface area (Å²) < 4.78 is 4.58. The second-order valence-corrected chi connectivity index (χ2v) is 4.92. The van der Waals surface area contributed by atoms with Gasteiger partial charge in [0.05, 0.1) is 12.7 Å². The summed E-state index contributed by atoms with van der Waals surface area (Å²) in [7, 11) is 1.29. The Hall–Kier alpha value is -2.04. The number of hydrogen-bond donors (Lipinski definition) is 1. The van der Waals surface area contributed by atoms with E-state index in [0.717, 1.165) is 0 Å². The summed E-state index contributed by atoms with van der Waals surface area (Å²) in [6.07, 6.45) is 0.557. The molecule has 1 aromatic rings. The first-order chi connectivity index (χ1) is 9.01. The molecule has 0 spiro atoms. The van der Waals surface area contributed by atoms with Crippen LogP contribution in [-0.4, -0.2) is 35.5 Å². The van der Waals surface area contributed by atoms with Crippen molar-refractivity contribution in [3.8, 4) is 5.75 Å². The number of phenolic OH excluding ortho intramolecular Hbond substituents is 1. The Morgan fingerprint density at radius 1 is 1.53 bits per heavy atom. The Kier molecular flexibility index (Phi) is 3.74. The SMILES string of the molecule is COC(=O)c1ccc(CN2CC(C)CC2=O)c(O)c1. The number of hydrogen-bond acceptors (Lipinski definition) is 4. The maximum atomic E-state index is 11.7. The number of rotatable bonds is 3. The number of carbonyl (C=O) groups excluding carboxylic acids is 2. The van der Waals surface area contributed by atoms with Gasteiger partial charge in [-0.1, -0.05) is 13.0 Å². The topological polar surface area (TPSA) is 66.8 Å². The predicted molar refractivity (Wildman–Crippen MR) is 68.6 cm³/mol. The highest BCUT2D eigenvalue weighted by molar-refractivity contribution is 5.89. The third-order valence-corrected chi connectivity index (χ3v) is 3.28. The van der Waals surface area contributed by atoms with Gasteiger partial charge in [-0.3, -0.25) is 4.79 Å². The van der Waals surface area contributed by atoms with Gasteiger partial charge in [-0.2, -0.15) is 0 Å². The van der Waals surface area contributed by atoms with E-state index in [4.69, 9.17) is 0 Å². The summed E-state index contributed by atoms with van der Waals surface area (Å²) in [5.74, 6) is -0.0316. The van der Waals surface area contributed by atoms with Crippen LogP contribution in [0.25, 0.3) is 0 Å². The summed E-state index contributed by atoms with van der Waals surface area (Å²) in [5.41, 5.74) is 0.931. The molecule has 1 aromatic carbocycles. The number of phenols is 1. The molecule has 1 atom stereocenters. The molecule has 1 amide bonds. The molecule has 0 saturated carbocycles. The zero-order valence-corrected chi connectivity index (χ0v) is 11.0. The van der Waals surface area contributed by atoms with Crippen LogP contribution in [0.4, 0.5) is 0 Å².